The predicted molar refractivity (Wildman–Crippen MR) is 94.1 cm³/mol. The summed E-state index contributed by atoms with van der Waals surface area (Å²) in [5, 5.41) is 1.83. The van der Waals surface area contributed by atoms with Gasteiger partial charge in [0.25, 0.3) is 0 Å². The van der Waals surface area contributed by atoms with Crippen molar-refractivity contribution in [2.45, 2.75) is 18.8 Å². The molecule has 0 saturated heterocycles. The molecule has 0 bridgehead atoms. The monoisotopic (exact) mass is 305 g/mol. The number of nitrogens with zero attached hydrogens (tertiary/aromatic N) is 1. The standard InChI is InChI=1S/C20H16ClN/c21-17-10-7-16-9-12-18(22-20(16)13-17)11-8-14-3-1-2-4-19(14)15-5-6-15/h1-4,7-13,15H,5-6H2/b11-8+. The normalized spacial score (nSPS) is 14.8. The lowest BCUT2D eigenvalue weighted by Crippen LogP contribution is -1.86. The molecule has 1 aliphatic carbocycles. The van der Waals surface area contributed by atoms with Crippen LogP contribution in [-0.4, -0.2) is 4.98 Å². The average molecular weight is 306 g/mol. The second-order valence-electron chi connectivity index (χ2n) is 5.81. The van der Waals surface area contributed by atoms with E-state index in [4.69, 9.17) is 11.6 Å². The Bertz CT molecular complexity index is 862. The van der Waals surface area contributed by atoms with Gasteiger partial charge in [-0.1, -0.05) is 54.1 Å². The zero-order valence-electron chi connectivity index (χ0n) is 12.2. The van der Waals surface area contributed by atoms with Gasteiger partial charge in [-0.3, -0.25) is 0 Å². The Morgan fingerprint density at radius 3 is 2.64 bits per heavy atom. The van der Waals surface area contributed by atoms with Crippen LogP contribution < -0.4 is 0 Å². The predicted octanol–water partition coefficient (Wildman–Crippen LogP) is 5.94. The van der Waals surface area contributed by atoms with E-state index >= 15 is 0 Å². The number of benzene rings is 2. The summed E-state index contributed by atoms with van der Waals surface area (Å²) in [7, 11) is 0. The quantitative estimate of drug-likeness (QED) is 0.584. The van der Waals surface area contributed by atoms with E-state index in [1.54, 1.807) is 0 Å². The summed E-state index contributed by atoms with van der Waals surface area (Å²) < 4.78 is 0. The number of hydrogen-bond donors (Lipinski definition) is 0. The number of halogens is 1. The molecule has 4 rings (SSSR count). The number of fused-ring (bicyclic) bond motifs is 1. The third-order valence-electron chi connectivity index (χ3n) is 4.12. The minimum atomic E-state index is 0.722. The molecular weight excluding hydrogens is 290 g/mol. The first kappa shape index (κ1) is 13.5. The Hall–Kier alpha value is -2.12. The van der Waals surface area contributed by atoms with Crippen LogP contribution in [0.25, 0.3) is 23.1 Å². The SMILES string of the molecule is Clc1ccc2ccc(/C=C/c3ccccc3C3CC3)nc2c1. The lowest BCUT2D eigenvalue weighted by Gasteiger charge is -2.04. The highest BCUT2D eigenvalue weighted by molar-refractivity contribution is 6.31. The summed E-state index contributed by atoms with van der Waals surface area (Å²) in [6, 6.07) is 18.6. The minimum absolute atomic E-state index is 0.722. The van der Waals surface area contributed by atoms with Gasteiger partial charge in [-0.05, 0) is 54.2 Å². The Balaban J connectivity index is 1.68. The number of hydrogen-bond acceptors (Lipinski definition) is 1. The molecule has 0 N–H and O–H groups in total. The van der Waals surface area contributed by atoms with Crippen LogP contribution in [0.5, 0.6) is 0 Å². The van der Waals surface area contributed by atoms with Crippen LogP contribution in [0.1, 0.15) is 35.6 Å². The van der Waals surface area contributed by atoms with E-state index in [9.17, 15) is 0 Å². The fourth-order valence-corrected chi connectivity index (χ4v) is 2.97. The maximum absolute atomic E-state index is 6.05. The van der Waals surface area contributed by atoms with E-state index in [0.29, 0.717) is 0 Å². The summed E-state index contributed by atoms with van der Waals surface area (Å²) in [4.78, 5) is 4.67. The van der Waals surface area contributed by atoms with Crippen molar-refractivity contribution in [1.29, 1.82) is 0 Å². The van der Waals surface area contributed by atoms with Gasteiger partial charge >= 0.3 is 0 Å². The van der Waals surface area contributed by atoms with Gasteiger partial charge in [-0.25, -0.2) is 4.98 Å². The van der Waals surface area contributed by atoms with Crippen molar-refractivity contribution in [2.75, 3.05) is 0 Å². The average Bonchev–Trinajstić information content (AvgIpc) is 3.37. The molecule has 0 unspecified atom stereocenters. The maximum atomic E-state index is 6.05. The summed E-state index contributed by atoms with van der Waals surface area (Å²) in [6.45, 7) is 0. The molecule has 1 aromatic heterocycles. The summed E-state index contributed by atoms with van der Waals surface area (Å²) in [5.74, 6) is 0.754. The van der Waals surface area contributed by atoms with E-state index in [2.05, 4.69) is 47.5 Å². The zero-order chi connectivity index (χ0) is 14.9. The van der Waals surface area contributed by atoms with Gasteiger partial charge in [0.1, 0.15) is 0 Å². The van der Waals surface area contributed by atoms with Crippen LogP contribution in [0.2, 0.25) is 5.02 Å². The summed E-state index contributed by atoms with van der Waals surface area (Å²) >= 11 is 6.05. The first-order valence-electron chi connectivity index (χ1n) is 7.63. The van der Waals surface area contributed by atoms with Crippen molar-refractivity contribution >= 4 is 34.7 Å². The van der Waals surface area contributed by atoms with Crippen molar-refractivity contribution in [1.82, 2.24) is 4.98 Å². The second kappa shape index (κ2) is 5.58. The first-order valence-corrected chi connectivity index (χ1v) is 8.01. The van der Waals surface area contributed by atoms with Gasteiger partial charge in [-0.15, -0.1) is 0 Å². The highest BCUT2D eigenvalue weighted by Gasteiger charge is 2.24. The van der Waals surface area contributed by atoms with Gasteiger partial charge in [0.2, 0.25) is 0 Å². The fourth-order valence-electron chi connectivity index (χ4n) is 2.80. The van der Waals surface area contributed by atoms with Crippen LogP contribution in [0.15, 0.2) is 54.6 Å². The zero-order valence-corrected chi connectivity index (χ0v) is 12.9. The molecule has 108 valence electrons. The highest BCUT2D eigenvalue weighted by atomic mass is 35.5. The lowest BCUT2D eigenvalue weighted by atomic mass is 10.0. The lowest BCUT2D eigenvalue weighted by molar-refractivity contribution is 1.12. The van der Waals surface area contributed by atoms with Crippen LogP contribution in [0.4, 0.5) is 0 Å². The molecule has 0 radical (unpaired) electrons. The molecule has 0 aliphatic heterocycles. The first-order chi connectivity index (χ1) is 10.8. The van der Waals surface area contributed by atoms with Gasteiger partial charge < -0.3 is 0 Å². The molecule has 1 saturated carbocycles. The molecule has 1 aliphatic rings. The summed E-state index contributed by atoms with van der Waals surface area (Å²) in [5.41, 5.74) is 4.66. The van der Waals surface area contributed by atoms with E-state index in [1.165, 1.54) is 24.0 Å². The second-order valence-corrected chi connectivity index (χ2v) is 6.25. The number of aromatic nitrogens is 1. The third-order valence-corrected chi connectivity index (χ3v) is 4.36. The molecule has 0 amide bonds. The molecule has 2 aromatic carbocycles. The van der Waals surface area contributed by atoms with Crippen LogP contribution in [-0.2, 0) is 0 Å². The summed E-state index contributed by atoms with van der Waals surface area (Å²) in [6.07, 6.45) is 6.89. The largest absolute Gasteiger partial charge is 0.248 e. The van der Waals surface area contributed by atoms with Gasteiger partial charge in [0.15, 0.2) is 0 Å². The van der Waals surface area contributed by atoms with E-state index in [1.807, 2.05) is 24.3 Å². The van der Waals surface area contributed by atoms with Crippen molar-refractivity contribution in [3.63, 3.8) is 0 Å². The molecule has 1 nitrogen and oxygen atoms in total. The maximum Gasteiger partial charge on any atom is 0.0724 e. The Kier molecular flexibility index (Phi) is 3.44. The fraction of sp³-hybridized carbons (Fsp3) is 0.150. The van der Waals surface area contributed by atoms with Gasteiger partial charge in [0, 0.05) is 10.4 Å². The topological polar surface area (TPSA) is 12.9 Å². The van der Waals surface area contributed by atoms with E-state index in [0.717, 1.165) is 27.5 Å². The van der Waals surface area contributed by atoms with Crippen LogP contribution in [0, 0.1) is 0 Å². The minimum Gasteiger partial charge on any atom is -0.248 e. The Labute approximate surface area is 135 Å². The molecule has 3 aromatic rings. The highest BCUT2D eigenvalue weighted by Crippen LogP contribution is 2.41. The van der Waals surface area contributed by atoms with Gasteiger partial charge in [0.05, 0.1) is 11.2 Å². The third kappa shape index (κ3) is 2.77. The number of pyridine rings is 1. The molecule has 1 heterocycles. The van der Waals surface area contributed by atoms with Gasteiger partial charge in [-0.2, -0.15) is 0 Å². The molecule has 0 spiro atoms. The molecule has 0 atom stereocenters. The van der Waals surface area contributed by atoms with Crippen molar-refractivity contribution in [2.24, 2.45) is 0 Å². The smallest absolute Gasteiger partial charge is 0.0724 e. The molecule has 1 fully saturated rings. The Morgan fingerprint density at radius 1 is 0.955 bits per heavy atom. The van der Waals surface area contributed by atoms with Crippen molar-refractivity contribution < 1.29 is 0 Å². The van der Waals surface area contributed by atoms with E-state index in [-0.39, 0.29) is 0 Å². The van der Waals surface area contributed by atoms with Crippen molar-refractivity contribution in [3.8, 4) is 0 Å². The van der Waals surface area contributed by atoms with E-state index < -0.39 is 0 Å². The van der Waals surface area contributed by atoms with Crippen LogP contribution in [0.3, 0.4) is 0 Å². The molecule has 2 heteroatoms. The molecule has 22 heavy (non-hydrogen) atoms. The molecular formula is C20H16ClN. The number of rotatable bonds is 3. The van der Waals surface area contributed by atoms with Crippen molar-refractivity contribution in [3.05, 3.63) is 76.4 Å². The van der Waals surface area contributed by atoms with Crippen LogP contribution >= 0.6 is 11.6 Å². The Morgan fingerprint density at radius 2 is 1.77 bits per heavy atom.